The Morgan fingerprint density at radius 1 is 1.20 bits per heavy atom. The fourth-order valence-electron chi connectivity index (χ4n) is 2.22. The molecule has 4 heteroatoms. The van der Waals surface area contributed by atoms with Crippen molar-refractivity contribution in [3.63, 3.8) is 0 Å². The Balaban J connectivity index is 2.16. The normalized spacial score (nSPS) is 10.9. The molecule has 102 valence electrons. The monoisotopic (exact) mass is 330 g/mol. The summed E-state index contributed by atoms with van der Waals surface area (Å²) in [5, 5.41) is 0. The second-order valence-electron chi connectivity index (χ2n) is 4.68. The molecule has 2 aromatic carbocycles. The number of halogens is 1. The van der Waals surface area contributed by atoms with E-state index < -0.39 is 0 Å². The number of aromatic nitrogens is 2. The molecule has 0 fully saturated rings. The molecule has 3 rings (SSSR count). The van der Waals surface area contributed by atoms with Crippen molar-refractivity contribution in [2.75, 3.05) is 6.61 Å². The predicted octanol–water partition coefficient (Wildman–Crippen LogP) is 4.70. The Morgan fingerprint density at radius 2 is 2.05 bits per heavy atom. The van der Waals surface area contributed by atoms with Crippen LogP contribution in [0.25, 0.3) is 22.4 Å². The maximum absolute atomic E-state index is 5.69. The summed E-state index contributed by atoms with van der Waals surface area (Å²) >= 11 is 3.50. The van der Waals surface area contributed by atoms with Crippen LogP contribution in [0.3, 0.4) is 0 Å². The number of nitrogens with zero attached hydrogens (tertiary/aromatic N) is 1. The summed E-state index contributed by atoms with van der Waals surface area (Å²) in [7, 11) is 0. The first-order chi connectivity index (χ1) is 9.67. The van der Waals surface area contributed by atoms with Crippen molar-refractivity contribution >= 4 is 27.0 Å². The third-order valence-electron chi connectivity index (χ3n) is 3.13. The van der Waals surface area contributed by atoms with Crippen molar-refractivity contribution in [1.29, 1.82) is 0 Å². The van der Waals surface area contributed by atoms with Gasteiger partial charge in [0.15, 0.2) is 0 Å². The van der Waals surface area contributed by atoms with Gasteiger partial charge in [0.25, 0.3) is 0 Å². The van der Waals surface area contributed by atoms with Gasteiger partial charge in [0.05, 0.1) is 23.2 Å². The van der Waals surface area contributed by atoms with Crippen molar-refractivity contribution < 1.29 is 4.74 Å². The molecule has 0 bridgehead atoms. The fourth-order valence-corrected chi connectivity index (χ4v) is 2.58. The first-order valence-corrected chi connectivity index (χ1v) is 7.36. The number of aromatic amines is 1. The molecule has 0 spiro atoms. The van der Waals surface area contributed by atoms with Gasteiger partial charge in [-0.15, -0.1) is 0 Å². The zero-order chi connectivity index (χ0) is 14.1. The lowest BCUT2D eigenvalue weighted by Crippen LogP contribution is -1.94. The number of rotatable bonds is 3. The summed E-state index contributed by atoms with van der Waals surface area (Å²) in [5.74, 6) is 1.67. The lowest BCUT2D eigenvalue weighted by atomic mass is 10.2. The minimum Gasteiger partial charge on any atom is -0.493 e. The third-order valence-corrected chi connectivity index (χ3v) is 3.63. The minimum absolute atomic E-state index is 0.633. The van der Waals surface area contributed by atoms with E-state index in [0.717, 1.165) is 32.6 Å². The summed E-state index contributed by atoms with van der Waals surface area (Å²) < 4.78 is 6.69. The van der Waals surface area contributed by atoms with Crippen LogP contribution in [0.1, 0.15) is 12.5 Å². The fraction of sp³-hybridized carbons (Fsp3) is 0.188. The quantitative estimate of drug-likeness (QED) is 0.755. The van der Waals surface area contributed by atoms with E-state index in [-0.39, 0.29) is 0 Å². The van der Waals surface area contributed by atoms with Crippen LogP contribution in [0.4, 0.5) is 0 Å². The Morgan fingerprint density at radius 3 is 2.85 bits per heavy atom. The molecular weight excluding hydrogens is 316 g/mol. The van der Waals surface area contributed by atoms with E-state index in [1.165, 1.54) is 5.56 Å². The van der Waals surface area contributed by atoms with Gasteiger partial charge in [0.2, 0.25) is 0 Å². The zero-order valence-corrected chi connectivity index (χ0v) is 13.0. The maximum atomic E-state index is 5.69. The first-order valence-electron chi connectivity index (χ1n) is 6.56. The largest absolute Gasteiger partial charge is 0.493 e. The molecular formula is C16H15BrN2O. The summed E-state index contributed by atoms with van der Waals surface area (Å²) in [6, 6.07) is 12.2. The standard InChI is InChI=1S/C16H15BrN2O/c1-3-20-15-7-5-11(17)9-12(15)16-18-13-6-4-10(2)8-14(13)19-16/h4-9H,3H2,1-2H3,(H,18,19). The highest BCUT2D eigenvalue weighted by molar-refractivity contribution is 9.10. The number of ether oxygens (including phenoxy) is 1. The van der Waals surface area contributed by atoms with Crippen LogP contribution < -0.4 is 4.74 Å². The lowest BCUT2D eigenvalue weighted by Gasteiger charge is -2.08. The SMILES string of the molecule is CCOc1ccc(Br)cc1-c1nc2ccc(C)cc2[nH]1. The van der Waals surface area contributed by atoms with E-state index in [1.807, 2.05) is 31.2 Å². The van der Waals surface area contributed by atoms with Gasteiger partial charge in [-0.25, -0.2) is 4.98 Å². The summed E-state index contributed by atoms with van der Waals surface area (Å²) in [6.45, 7) is 4.69. The Bertz CT molecular complexity index is 764. The Hall–Kier alpha value is -1.81. The number of hydrogen-bond acceptors (Lipinski definition) is 2. The molecule has 0 atom stereocenters. The molecule has 3 aromatic rings. The zero-order valence-electron chi connectivity index (χ0n) is 11.4. The van der Waals surface area contributed by atoms with Gasteiger partial charge in [-0.2, -0.15) is 0 Å². The molecule has 0 unspecified atom stereocenters. The smallest absolute Gasteiger partial charge is 0.142 e. The average Bonchev–Trinajstić information content (AvgIpc) is 2.83. The van der Waals surface area contributed by atoms with Crippen LogP contribution in [-0.4, -0.2) is 16.6 Å². The number of aryl methyl sites for hydroxylation is 1. The average molecular weight is 331 g/mol. The topological polar surface area (TPSA) is 37.9 Å². The molecule has 3 nitrogen and oxygen atoms in total. The van der Waals surface area contributed by atoms with Crippen LogP contribution in [0.5, 0.6) is 5.75 Å². The van der Waals surface area contributed by atoms with Crippen LogP contribution in [0, 0.1) is 6.92 Å². The van der Waals surface area contributed by atoms with Crippen LogP contribution in [-0.2, 0) is 0 Å². The highest BCUT2D eigenvalue weighted by Gasteiger charge is 2.11. The molecule has 0 amide bonds. The van der Waals surface area contributed by atoms with Crippen LogP contribution >= 0.6 is 15.9 Å². The van der Waals surface area contributed by atoms with Crippen molar-refractivity contribution in [1.82, 2.24) is 9.97 Å². The summed E-state index contributed by atoms with van der Waals surface area (Å²) in [6.07, 6.45) is 0. The van der Waals surface area contributed by atoms with Gasteiger partial charge in [-0.05, 0) is 49.7 Å². The van der Waals surface area contributed by atoms with Crippen LogP contribution in [0.2, 0.25) is 0 Å². The summed E-state index contributed by atoms with van der Waals surface area (Å²) in [5.41, 5.74) is 4.19. The Kier molecular flexibility index (Phi) is 3.49. The third kappa shape index (κ3) is 2.43. The van der Waals surface area contributed by atoms with Gasteiger partial charge < -0.3 is 9.72 Å². The number of nitrogens with one attached hydrogen (secondary N) is 1. The second kappa shape index (κ2) is 5.29. The molecule has 0 aliphatic carbocycles. The number of imidazole rings is 1. The molecule has 0 aliphatic heterocycles. The minimum atomic E-state index is 0.633. The van der Waals surface area contributed by atoms with Crippen LogP contribution in [0.15, 0.2) is 40.9 Å². The molecule has 20 heavy (non-hydrogen) atoms. The number of H-pyrrole nitrogens is 1. The van der Waals surface area contributed by atoms with Crippen molar-refractivity contribution in [3.05, 3.63) is 46.4 Å². The van der Waals surface area contributed by atoms with E-state index in [2.05, 4.69) is 45.0 Å². The van der Waals surface area contributed by atoms with Gasteiger partial charge >= 0.3 is 0 Å². The first kappa shape index (κ1) is 13.2. The highest BCUT2D eigenvalue weighted by Crippen LogP contribution is 2.32. The number of benzene rings is 2. The molecule has 0 saturated carbocycles. The van der Waals surface area contributed by atoms with Gasteiger partial charge in [0, 0.05) is 4.47 Å². The molecule has 1 N–H and O–H groups in total. The van der Waals surface area contributed by atoms with Gasteiger partial charge in [-0.1, -0.05) is 22.0 Å². The Labute approximate surface area is 126 Å². The molecule has 0 saturated heterocycles. The molecule has 0 aliphatic rings. The van der Waals surface area contributed by atoms with E-state index in [0.29, 0.717) is 6.61 Å². The van der Waals surface area contributed by atoms with Crippen molar-refractivity contribution in [2.24, 2.45) is 0 Å². The van der Waals surface area contributed by atoms with E-state index in [1.54, 1.807) is 0 Å². The van der Waals surface area contributed by atoms with E-state index >= 15 is 0 Å². The molecule has 0 radical (unpaired) electrons. The van der Waals surface area contributed by atoms with Gasteiger partial charge in [-0.3, -0.25) is 0 Å². The highest BCUT2D eigenvalue weighted by atomic mass is 79.9. The molecule has 1 heterocycles. The predicted molar refractivity (Wildman–Crippen MR) is 85.1 cm³/mol. The molecule has 1 aromatic heterocycles. The lowest BCUT2D eigenvalue weighted by molar-refractivity contribution is 0.341. The van der Waals surface area contributed by atoms with E-state index in [9.17, 15) is 0 Å². The van der Waals surface area contributed by atoms with Gasteiger partial charge in [0.1, 0.15) is 11.6 Å². The number of fused-ring (bicyclic) bond motifs is 1. The maximum Gasteiger partial charge on any atom is 0.142 e. The van der Waals surface area contributed by atoms with Crippen molar-refractivity contribution in [2.45, 2.75) is 13.8 Å². The second-order valence-corrected chi connectivity index (χ2v) is 5.60. The van der Waals surface area contributed by atoms with Crippen molar-refractivity contribution in [3.8, 4) is 17.1 Å². The number of hydrogen-bond donors (Lipinski definition) is 1. The summed E-state index contributed by atoms with van der Waals surface area (Å²) in [4.78, 5) is 8.02. The van der Waals surface area contributed by atoms with E-state index in [4.69, 9.17) is 4.74 Å².